The third kappa shape index (κ3) is 2.22. The van der Waals surface area contributed by atoms with Crippen LogP contribution >= 0.6 is 0 Å². The number of rotatable bonds is 3. The maximum absolute atomic E-state index is 12.0. The maximum Gasteiger partial charge on any atom is 0.328 e. The highest BCUT2D eigenvalue weighted by atomic mass is 16.1. The van der Waals surface area contributed by atoms with Crippen molar-refractivity contribution in [2.24, 2.45) is 0 Å². The van der Waals surface area contributed by atoms with E-state index in [1.54, 1.807) is 27.7 Å². The fraction of sp³-hybridized carbons (Fsp3) is 0.333. The Hall–Kier alpha value is -2.04. The summed E-state index contributed by atoms with van der Waals surface area (Å²) < 4.78 is 3.32. The number of nitrogens with zero attached hydrogens (tertiary/aromatic N) is 3. The Bertz CT molecular complexity index is 568. The largest absolute Gasteiger partial charge is 0.383 e. The van der Waals surface area contributed by atoms with Gasteiger partial charge in [0.05, 0.1) is 6.54 Å². The smallest absolute Gasteiger partial charge is 0.328 e. The minimum atomic E-state index is -0.0248. The van der Waals surface area contributed by atoms with Crippen molar-refractivity contribution in [1.82, 2.24) is 14.1 Å². The van der Waals surface area contributed by atoms with E-state index in [2.05, 4.69) is 4.98 Å². The zero-order chi connectivity index (χ0) is 12.4. The molecule has 0 fully saturated rings. The van der Waals surface area contributed by atoms with Gasteiger partial charge >= 0.3 is 5.69 Å². The molecule has 90 valence electrons. The van der Waals surface area contributed by atoms with Gasteiger partial charge in [-0.1, -0.05) is 6.07 Å². The zero-order valence-corrected chi connectivity index (χ0v) is 10.00. The average Bonchev–Trinajstić information content (AvgIpc) is 2.64. The van der Waals surface area contributed by atoms with E-state index < -0.39 is 0 Å². The van der Waals surface area contributed by atoms with Crippen molar-refractivity contribution in [2.45, 2.75) is 26.4 Å². The van der Waals surface area contributed by atoms with Gasteiger partial charge in [-0.05, 0) is 19.9 Å². The monoisotopic (exact) mass is 232 g/mol. The molecule has 2 N–H and O–H groups in total. The molecule has 0 aliphatic carbocycles. The van der Waals surface area contributed by atoms with Gasteiger partial charge in [-0.2, -0.15) is 0 Å². The standard InChI is InChI=1S/C12H16N4O/c1-9(2)16-7-6-15(12(16)17)8-10-4-3-5-14-11(10)13/h3-7,9H,8H2,1-2H3,(H2,13,14). The van der Waals surface area contributed by atoms with Crippen LogP contribution in [-0.4, -0.2) is 14.1 Å². The molecule has 17 heavy (non-hydrogen) atoms. The average molecular weight is 232 g/mol. The molecule has 0 aliphatic rings. The molecule has 0 saturated carbocycles. The summed E-state index contributed by atoms with van der Waals surface area (Å²) in [7, 11) is 0. The molecule has 0 amide bonds. The SMILES string of the molecule is CC(C)n1ccn(Cc2cccnc2N)c1=O. The van der Waals surface area contributed by atoms with E-state index in [-0.39, 0.29) is 11.7 Å². The van der Waals surface area contributed by atoms with Gasteiger partial charge in [0, 0.05) is 30.2 Å². The summed E-state index contributed by atoms with van der Waals surface area (Å²) in [5.74, 6) is 0.469. The first-order valence-corrected chi connectivity index (χ1v) is 5.56. The second-order valence-electron chi connectivity index (χ2n) is 4.26. The molecule has 0 spiro atoms. The number of nitrogen functional groups attached to an aromatic ring is 1. The molecule has 2 aromatic rings. The van der Waals surface area contributed by atoms with Crippen LogP contribution in [0.15, 0.2) is 35.5 Å². The highest BCUT2D eigenvalue weighted by molar-refractivity contribution is 5.38. The number of hydrogen-bond donors (Lipinski definition) is 1. The number of imidazole rings is 1. The lowest BCUT2D eigenvalue weighted by Gasteiger charge is -2.06. The molecule has 2 rings (SSSR count). The lowest BCUT2D eigenvalue weighted by molar-refractivity contribution is 0.561. The molecule has 0 saturated heterocycles. The normalized spacial score (nSPS) is 11.0. The van der Waals surface area contributed by atoms with Crippen molar-refractivity contribution in [3.05, 3.63) is 46.8 Å². The van der Waals surface area contributed by atoms with Gasteiger partial charge in [0.15, 0.2) is 0 Å². The van der Waals surface area contributed by atoms with E-state index in [9.17, 15) is 4.79 Å². The summed E-state index contributed by atoms with van der Waals surface area (Å²) >= 11 is 0. The van der Waals surface area contributed by atoms with Gasteiger partial charge in [0.1, 0.15) is 5.82 Å². The first kappa shape index (κ1) is 11.4. The number of pyridine rings is 1. The lowest BCUT2D eigenvalue weighted by atomic mass is 10.2. The zero-order valence-electron chi connectivity index (χ0n) is 10.00. The van der Waals surface area contributed by atoms with Crippen molar-refractivity contribution in [2.75, 3.05) is 5.73 Å². The quantitative estimate of drug-likeness (QED) is 0.866. The van der Waals surface area contributed by atoms with Gasteiger partial charge in [0.2, 0.25) is 0 Å². The molecule has 0 unspecified atom stereocenters. The molecule has 0 aromatic carbocycles. The topological polar surface area (TPSA) is 65.8 Å². The van der Waals surface area contributed by atoms with E-state index in [4.69, 9.17) is 5.73 Å². The Kier molecular flexibility index (Phi) is 2.99. The molecule has 0 radical (unpaired) electrons. The second kappa shape index (κ2) is 4.45. The summed E-state index contributed by atoms with van der Waals surface area (Å²) in [5, 5.41) is 0. The van der Waals surface area contributed by atoms with E-state index in [0.717, 1.165) is 5.56 Å². The summed E-state index contributed by atoms with van der Waals surface area (Å²) in [6, 6.07) is 3.85. The fourth-order valence-electron chi connectivity index (χ4n) is 1.71. The van der Waals surface area contributed by atoms with Gasteiger partial charge in [0.25, 0.3) is 0 Å². The predicted molar refractivity (Wildman–Crippen MR) is 66.8 cm³/mol. The highest BCUT2D eigenvalue weighted by Crippen LogP contribution is 2.08. The number of anilines is 1. The molecule has 0 bridgehead atoms. The first-order valence-electron chi connectivity index (χ1n) is 5.56. The van der Waals surface area contributed by atoms with Crippen molar-refractivity contribution in [3.63, 3.8) is 0 Å². The minimum Gasteiger partial charge on any atom is -0.383 e. The highest BCUT2D eigenvalue weighted by Gasteiger charge is 2.07. The summed E-state index contributed by atoms with van der Waals surface area (Å²) in [6.07, 6.45) is 5.20. The van der Waals surface area contributed by atoms with E-state index in [0.29, 0.717) is 12.4 Å². The van der Waals surface area contributed by atoms with Crippen LogP contribution in [0.1, 0.15) is 25.5 Å². The number of hydrogen-bond acceptors (Lipinski definition) is 3. The second-order valence-corrected chi connectivity index (χ2v) is 4.26. The molecule has 2 aromatic heterocycles. The van der Waals surface area contributed by atoms with Crippen molar-refractivity contribution < 1.29 is 0 Å². The Labute approximate surface area is 99.5 Å². The molecule has 0 aliphatic heterocycles. The molecule has 0 atom stereocenters. The Morgan fingerprint density at radius 3 is 2.76 bits per heavy atom. The number of aromatic nitrogens is 3. The lowest BCUT2D eigenvalue weighted by Crippen LogP contribution is -2.25. The van der Waals surface area contributed by atoms with E-state index in [1.165, 1.54) is 0 Å². The van der Waals surface area contributed by atoms with Crippen LogP contribution in [0.3, 0.4) is 0 Å². The summed E-state index contributed by atoms with van der Waals surface area (Å²) in [4.78, 5) is 16.0. The first-order chi connectivity index (χ1) is 8.09. The van der Waals surface area contributed by atoms with Gasteiger partial charge < -0.3 is 5.73 Å². The van der Waals surface area contributed by atoms with Gasteiger partial charge in [-0.25, -0.2) is 9.78 Å². The van der Waals surface area contributed by atoms with Crippen LogP contribution in [0, 0.1) is 0 Å². The van der Waals surface area contributed by atoms with Crippen LogP contribution in [0.5, 0.6) is 0 Å². The molecule has 5 heteroatoms. The Balaban J connectivity index is 2.32. The van der Waals surface area contributed by atoms with Gasteiger partial charge in [-0.15, -0.1) is 0 Å². The van der Waals surface area contributed by atoms with Crippen molar-refractivity contribution in [3.8, 4) is 0 Å². The number of nitrogens with two attached hydrogens (primary N) is 1. The molecular weight excluding hydrogens is 216 g/mol. The molecule has 2 heterocycles. The van der Waals surface area contributed by atoms with Crippen LogP contribution in [-0.2, 0) is 6.54 Å². The van der Waals surface area contributed by atoms with Crippen molar-refractivity contribution >= 4 is 5.82 Å². The van der Waals surface area contributed by atoms with Crippen LogP contribution in [0.2, 0.25) is 0 Å². The summed E-state index contributed by atoms with van der Waals surface area (Å²) in [6.45, 7) is 4.41. The minimum absolute atomic E-state index is 0.0248. The van der Waals surface area contributed by atoms with Crippen molar-refractivity contribution in [1.29, 1.82) is 0 Å². The molecule has 5 nitrogen and oxygen atoms in total. The third-order valence-electron chi connectivity index (χ3n) is 2.70. The van der Waals surface area contributed by atoms with E-state index in [1.807, 2.05) is 26.0 Å². The van der Waals surface area contributed by atoms with Crippen LogP contribution < -0.4 is 11.4 Å². The van der Waals surface area contributed by atoms with Crippen LogP contribution in [0.4, 0.5) is 5.82 Å². The van der Waals surface area contributed by atoms with Crippen LogP contribution in [0.25, 0.3) is 0 Å². The summed E-state index contributed by atoms with van der Waals surface area (Å²) in [5.41, 5.74) is 6.58. The van der Waals surface area contributed by atoms with E-state index >= 15 is 0 Å². The Morgan fingerprint density at radius 1 is 1.41 bits per heavy atom. The third-order valence-corrected chi connectivity index (χ3v) is 2.70. The predicted octanol–water partition coefficient (Wildman–Crippen LogP) is 1.26. The molecular formula is C12H16N4O. The van der Waals surface area contributed by atoms with Gasteiger partial charge in [-0.3, -0.25) is 9.13 Å². The fourth-order valence-corrected chi connectivity index (χ4v) is 1.71. The maximum atomic E-state index is 12.0. The Morgan fingerprint density at radius 2 is 2.18 bits per heavy atom.